The van der Waals surface area contributed by atoms with Crippen molar-refractivity contribution in [1.29, 1.82) is 0 Å². The number of methoxy groups -OCH3 is 1. The van der Waals surface area contributed by atoms with Crippen LogP contribution in [0.1, 0.15) is 18.7 Å². The topological polar surface area (TPSA) is 109 Å². The van der Waals surface area contributed by atoms with Gasteiger partial charge in [0.05, 0.1) is 19.3 Å². The summed E-state index contributed by atoms with van der Waals surface area (Å²) >= 11 is 0. The van der Waals surface area contributed by atoms with Crippen LogP contribution in [0.25, 0.3) is 0 Å². The normalized spacial score (nSPS) is 17.4. The number of carbonyl (C=O) groups is 1. The van der Waals surface area contributed by atoms with E-state index in [2.05, 4.69) is 25.2 Å². The van der Waals surface area contributed by atoms with E-state index < -0.39 is 0 Å². The van der Waals surface area contributed by atoms with Crippen LogP contribution < -0.4 is 15.8 Å². The number of rotatable bonds is 6. The average molecular weight is 383 g/mol. The molecule has 2 aromatic rings. The maximum atomic E-state index is 12.2. The molecule has 1 saturated carbocycles. The first-order chi connectivity index (χ1) is 13.6. The molecule has 3 N–H and O–H groups in total. The van der Waals surface area contributed by atoms with Crippen molar-refractivity contribution in [3.05, 3.63) is 30.1 Å². The van der Waals surface area contributed by atoms with E-state index in [1.807, 2.05) is 29.2 Å². The van der Waals surface area contributed by atoms with Crippen LogP contribution in [0.4, 0.5) is 17.6 Å². The molecule has 0 radical (unpaired) electrons. The first-order valence-electron chi connectivity index (χ1n) is 9.54. The minimum Gasteiger partial charge on any atom is -0.495 e. The molecule has 28 heavy (non-hydrogen) atoms. The van der Waals surface area contributed by atoms with Gasteiger partial charge in [0.1, 0.15) is 11.6 Å². The standard InChI is InChI=1S/C19H25N7O2/c1-28-15-5-3-2-4-14(15)21-19-23-16(22-18(20)24-19)12-25-8-10-26(11-9-25)17(27)13-6-7-13/h2-5,13H,6-12H2,1H3,(H3,20,21,22,23,24). The van der Waals surface area contributed by atoms with Crippen LogP contribution in [0.3, 0.4) is 0 Å². The third-order valence-electron chi connectivity index (χ3n) is 5.03. The first kappa shape index (κ1) is 18.4. The zero-order chi connectivity index (χ0) is 19.5. The molecule has 1 saturated heterocycles. The van der Waals surface area contributed by atoms with Gasteiger partial charge < -0.3 is 20.7 Å². The number of aromatic nitrogens is 3. The van der Waals surface area contributed by atoms with E-state index in [-0.39, 0.29) is 11.9 Å². The number of amides is 1. The van der Waals surface area contributed by atoms with E-state index in [1.54, 1.807) is 7.11 Å². The fourth-order valence-electron chi connectivity index (χ4n) is 3.35. The molecule has 0 bridgehead atoms. The molecule has 0 atom stereocenters. The van der Waals surface area contributed by atoms with E-state index >= 15 is 0 Å². The second kappa shape index (κ2) is 7.97. The maximum absolute atomic E-state index is 12.2. The van der Waals surface area contributed by atoms with Gasteiger partial charge in [-0.2, -0.15) is 15.0 Å². The van der Waals surface area contributed by atoms with Gasteiger partial charge in [0, 0.05) is 32.1 Å². The zero-order valence-corrected chi connectivity index (χ0v) is 16.0. The van der Waals surface area contributed by atoms with Gasteiger partial charge in [-0.05, 0) is 25.0 Å². The van der Waals surface area contributed by atoms with Gasteiger partial charge in [-0.25, -0.2) is 0 Å². The van der Waals surface area contributed by atoms with E-state index in [1.165, 1.54) is 0 Å². The molecule has 9 nitrogen and oxygen atoms in total. The maximum Gasteiger partial charge on any atom is 0.232 e. The van der Waals surface area contributed by atoms with Crippen LogP contribution >= 0.6 is 0 Å². The smallest absolute Gasteiger partial charge is 0.232 e. The Morgan fingerprint density at radius 2 is 1.93 bits per heavy atom. The van der Waals surface area contributed by atoms with Crippen molar-refractivity contribution in [3.8, 4) is 5.75 Å². The van der Waals surface area contributed by atoms with Crippen LogP contribution in [0, 0.1) is 5.92 Å². The molecule has 148 valence electrons. The summed E-state index contributed by atoms with van der Waals surface area (Å²) in [7, 11) is 1.61. The Morgan fingerprint density at radius 1 is 1.18 bits per heavy atom. The molecule has 1 aliphatic heterocycles. The fourth-order valence-corrected chi connectivity index (χ4v) is 3.35. The molecule has 1 aromatic heterocycles. The molecule has 1 aliphatic carbocycles. The van der Waals surface area contributed by atoms with Crippen molar-refractivity contribution in [3.63, 3.8) is 0 Å². The molecular weight excluding hydrogens is 358 g/mol. The van der Waals surface area contributed by atoms with Crippen LogP contribution in [-0.4, -0.2) is 63.9 Å². The fraction of sp³-hybridized carbons (Fsp3) is 0.474. The number of anilines is 3. The number of nitrogen functional groups attached to an aromatic ring is 1. The number of nitrogens with zero attached hydrogens (tertiary/aromatic N) is 5. The minimum absolute atomic E-state index is 0.171. The molecule has 0 unspecified atom stereocenters. The predicted molar refractivity (Wildman–Crippen MR) is 105 cm³/mol. The summed E-state index contributed by atoms with van der Waals surface area (Å²) in [5, 5.41) is 3.14. The van der Waals surface area contributed by atoms with Gasteiger partial charge in [-0.3, -0.25) is 9.69 Å². The highest BCUT2D eigenvalue weighted by molar-refractivity contribution is 5.81. The zero-order valence-electron chi connectivity index (χ0n) is 16.0. The molecule has 2 aliphatic rings. The summed E-state index contributed by atoms with van der Waals surface area (Å²) < 4.78 is 5.34. The highest BCUT2D eigenvalue weighted by Gasteiger charge is 2.34. The number of nitrogens with two attached hydrogens (primary N) is 1. The van der Waals surface area contributed by atoms with Gasteiger partial charge in [0.2, 0.25) is 17.8 Å². The number of benzene rings is 1. The second-order valence-electron chi connectivity index (χ2n) is 7.13. The molecule has 1 aromatic carbocycles. The Labute approximate surface area is 163 Å². The second-order valence-corrected chi connectivity index (χ2v) is 7.13. The Kier molecular flexibility index (Phi) is 5.25. The molecule has 4 rings (SSSR count). The highest BCUT2D eigenvalue weighted by atomic mass is 16.5. The summed E-state index contributed by atoms with van der Waals surface area (Å²) in [6, 6.07) is 7.54. The van der Waals surface area contributed by atoms with Crippen molar-refractivity contribution in [1.82, 2.24) is 24.8 Å². The Balaban J connectivity index is 1.39. The summed E-state index contributed by atoms with van der Waals surface area (Å²) in [5.74, 6) is 2.44. The lowest BCUT2D eigenvalue weighted by Crippen LogP contribution is -2.48. The van der Waals surface area contributed by atoms with E-state index in [4.69, 9.17) is 10.5 Å². The minimum atomic E-state index is 0.171. The lowest BCUT2D eigenvalue weighted by atomic mass is 10.2. The van der Waals surface area contributed by atoms with Gasteiger partial charge in [-0.1, -0.05) is 12.1 Å². The van der Waals surface area contributed by atoms with Crippen LogP contribution in [-0.2, 0) is 11.3 Å². The van der Waals surface area contributed by atoms with Crippen molar-refractivity contribution >= 4 is 23.5 Å². The van der Waals surface area contributed by atoms with Gasteiger partial charge >= 0.3 is 0 Å². The number of ether oxygens (including phenoxy) is 1. The third-order valence-corrected chi connectivity index (χ3v) is 5.03. The summed E-state index contributed by atoms with van der Waals surface area (Å²) in [4.78, 5) is 29.3. The Morgan fingerprint density at radius 3 is 2.64 bits per heavy atom. The number of hydrogen-bond acceptors (Lipinski definition) is 8. The van der Waals surface area contributed by atoms with Gasteiger partial charge in [0.25, 0.3) is 0 Å². The van der Waals surface area contributed by atoms with Crippen LogP contribution in [0.5, 0.6) is 5.75 Å². The number of carbonyl (C=O) groups excluding carboxylic acids is 1. The Hall–Kier alpha value is -2.94. The van der Waals surface area contributed by atoms with Crippen molar-refractivity contribution < 1.29 is 9.53 Å². The van der Waals surface area contributed by atoms with Crippen molar-refractivity contribution in [2.24, 2.45) is 5.92 Å². The molecule has 9 heteroatoms. The van der Waals surface area contributed by atoms with E-state index in [9.17, 15) is 4.79 Å². The number of para-hydroxylation sites is 2. The average Bonchev–Trinajstić information content (AvgIpc) is 3.53. The predicted octanol–water partition coefficient (Wildman–Crippen LogP) is 1.26. The number of hydrogen-bond donors (Lipinski definition) is 2. The first-order valence-corrected chi connectivity index (χ1v) is 9.54. The largest absolute Gasteiger partial charge is 0.495 e. The summed E-state index contributed by atoms with van der Waals surface area (Å²) in [6.45, 7) is 3.68. The van der Waals surface area contributed by atoms with Gasteiger partial charge in [0.15, 0.2) is 0 Å². The number of nitrogens with one attached hydrogen (secondary N) is 1. The highest BCUT2D eigenvalue weighted by Crippen LogP contribution is 2.31. The SMILES string of the molecule is COc1ccccc1Nc1nc(N)nc(CN2CCN(C(=O)C3CC3)CC2)n1. The summed E-state index contributed by atoms with van der Waals surface area (Å²) in [6.07, 6.45) is 2.09. The quantitative estimate of drug-likeness (QED) is 0.767. The monoisotopic (exact) mass is 383 g/mol. The molecule has 1 amide bonds. The third kappa shape index (κ3) is 4.30. The molecule has 2 fully saturated rings. The number of piperazine rings is 1. The lowest BCUT2D eigenvalue weighted by Gasteiger charge is -2.34. The van der Waals surface area contributed by atoms with Crippen molar-refractivity contribution in [2.45, 2.75) is 19.4 Å². The van der Waals surface area contributed by atoms with E-state index in [0.29, 0.717) is 30.0 Å². The molecule has 0 spiro atoms. The van der Waals surface area contributed by atoms with Gasteiger partial charge in [-0.15, -0.1) is 0 Å². The van der Waals surface area contributed by atoms with Crippen LogP contribution in [0.15, 0.2) is 24.3 Å². The Bertz CT molecular complexity index is 848. The van der Waals surface area contributed by atoms with Crippen molar-refractivity contribution in [2.75, 3.05) is 44.3 Å². The van der Waals surface area contributed by atoms with Crippen LogP contribution in [0.2, 0.25) is 0 Å². The summed E-state index contributed by atoms with van der Waals surface area (Å²) in [5.41, 5.74) is 6.64. The lowest BCUT2D eigenvalue weighted by molar-refractivity contribution is -0.134. The molecular formula is C19H25N7O2. The van der Waals surface area contributed by atoms with E-state index in [0.717, 1.165) is 44.7 Å². The molecule has 2 heterocycles.